The molecule has 3 unspecified atom stereocenters. The molecule has 2 aliphatic heterocycles. The molecule has 0 aromatic heterocycles. The molecule has 2 fully saturated rings. The molecule has 2 heterocycles. The molecule has 2 saturated heterocycles. The Hall–Kier alpha value is -0.450. The van der Waals surface area contributed by atoms with Crippen LogP contribution in [-0.2, 0) is 0 Å². The highest BCUT2D eigenvalue weighted by molar-refractivity contribution is 9.10. The van der Waals surface area contributed by atoms with Gasteiger partial charge in [0.05, 0.1) is 4.47 Å². The molecule has 0 spiro atoms. The third-order valence-electron chi connectivity index (χ3n) is 5.08. The molecule has 2 nitrogen and oxygen atoms in total. The lowest BCUT2D eigenvalue weighted by Gasteiger charge is -2.43. The first kappa shape index (κ1) is 15.4. The second kappa shape index (κ2) is 6.76. The molecule has 3 rings (SSSR count). The minimum atomic E-state index is -0.182. The number of likely N-dealkylation sites (tertiary alicyclic amines) is 1. The molecular weight excluding hydrogens is 331 g/mol. The average molecular weight is 355 g/mol. The molecule has 0 radical (unpaired) electrons. The lowest BCUT2D eigenvalue weighted by atomic mass is 9.91. The number of hydrogen-bond acceptors (Lipinski definition) is 2. The molecule has 0 bridgehead atoms. The zero-order chi connectivity index (χ0) is 14.8. The van der Waals surface area contributed by atoms with E-state index in [1.54, 1.807) is 6.07 Å². The van der Waals surface area contributed by atoms with Gasteiger partial charge in [0.1, 0.15) is 5.82 Å². The lowest BCUT2D eigenvalue weighted by Crippen LogP contribution is -2.50. The predicted molar refractivity (Wildman–Crippen MR) is 87.9 cm³/mol. The van der Waals surface area contributed by atoms with Crippen molar-refractivity contribution in [2.45, 2.75) is 57.2 Å². The molecule has 0 amide bonds. The smallest absolute Gasteiger partial charge is 0.137 e. The van der Waals surface area contributed by atoms with E-state index in [4.69, 9.17) is 0 Å². The van der Waals surface area contributed by atoms with Gasteiger partial charge in [-0.15, -0.1) is 0 Å². The fourth-order valence-electron chi connectivity index (χ4n) is 3.90. The van der Waals surface area contributed by atoms with E-state index < -0.39 is 0 Å². The molecule has 0 aliphatic carbocycles. The Bertz CT molecular complexity index is 488. The van der Waals surface area contributed by atoms with E-state index in [9.17, 15) is 4.39 Å². The molecule has 4 heteroatoms. The highest BCUT2D eigenvalue weighted by atomic mass is 79.9. The van der Waals surface area contributed by atoms with Crippen LogP contribution in [0.2, 0.25) is 0 Å². The Labute approximate surface area is 135 Å². The topological polar surface area (TPSA) is 15.3 Å². The van der Waals surface area contributed by atoms with Crippen LogP contribution in [0, 0.1) is 5.82 Å². The highest BCUT2D eigenvalue weighted by Crippen LogP contribution is 2.33. The summed E-state index contributed by atoms with van der Waals surface area (Å²) >= 11 is 3.31. The van der Waals surface area contributed by atoms with E-state index in [1.165, 1.54) is 37.7 Å². The SMILES string of the molecule is CC(c1ccc(F)c(Br)c1)N1CCCCC1C1CCCN1. The van der Waals surface area contributed by atoms with Crippen molar-refractivity contribution in [3.63, 3.8) is 0 Å². The maximum atomic E-state index is 13.5. The van der Waals surface area contributed by atoms with Crippen LogP contribution in [0.1, 0.15) is 50.6 Å². The van der Waals surface area contributed by atoms with Gasteiger partial charge in [0.2, 0.25) is 0 Å². The van der Waals surface area contributed by atoms with Crippen LogP contribution in [0.4, 0.5) is 4.39 Å². The van der Waals surface area contributed by atoms with Crippen molar-refractivity contribution < 1.29 is 4.39 Å². The Morgan fingerprint density at radius 1 is 1.29 bits per heavy atom. The summed E-state index contributed by atoms with van der Waals surface area (Å²) in [6.07, 6.45) is 6.48. The van der Waals surface area contributed by atoms with E-state index in [2.05, 4.69) is 33.1 Å². The van der Waals surface area contributed by atoms with Crippen molar-refractivity contribution in [2.75, 3.05) is 13.1 Å². The summed E-state index contributed by atoms with van der Waals surface area (Å²) in [4.78, 5) is 2.63. The van der Waals surface area contributed by atoms with Gasteiger partial charge in [-0.2, -0.15) is 0 Å². The molecule has 1 aromatic rings. The summed E-state index contributed by atoms with van der Waals surface area (Å²) in [6.45, 7) is 4.57. The van der Waals surface area contributed by atoms with Crippen molar-refractivity contribution in [1.82, 2.24) is 10.2 Å². The van der Waals surface area contributed by atoms with Crippen LogP contribution in [0.5, 0.6) is 0 Å². The summed E-state index contributed by atoms with van der Waals surface area (Å²) in [5, 5.41) is 3.67. The summed E-state index contributed by atoms with van der Waals surface area (Å²) in [5.41, 5.74) is 1.20. The predicted octanol–water partition coefficient (Wildman–Crippen LogP) is 4.26. The van der Waals surface area contributed by atoms with Crippen LogP contribution >= 0.6 is 15.9 Å². The van der Waals surface area contributed by atoms with Crippen LogP contribution in [0.15, 0.2) is 22.7 Å². The molecule has 3 atom stereocenters. The first-order chi connectivity index (χ1) is 10.2. The van der Waals surface area contributed by atoms with Gasteiger partial charge in [0.25, 0.3) is 0 Å². The third-order valence-corrected chi connectivity index (χ3v) is 5.69. The Kier molecular flexibility index (Phi) is 4.97. The largest absolute Gasteiger partial charge is 0.312 e. The number of nitrogens with zero attached hydrogens (tertiary/aromatic N) is 1. The maximum Gasteiger partial charge on any atom is 0.137 e. The van der Waals surface area contributed by atoms with Crippen LogP contribution in [0.3, 0.4) is 0 Å². The minimum absolute atomic E-state index is 0.182. The van der Waals surface area contributed by atoms with Crippen molar-refractivity contribution in [2.24, 2.45) is 0 Å². The normalized spacial score (nSPS) is 28.7. The van der Waals surface area contributed by atoms with Crippen LogP contribution < -0.4 is 5.32 Å². The van der Waals surface area contributed by atoms with Gasteiger partial charge < -0.3 is 5.32 Å². The number of piperidine rings is 1. The average Bonchev–Trinajstić information content (AvgIpc) is 3.03. The van der Waals surface area contributed by atoms with Gasteiger partial charge >= 0.3 is 0 Å². The van der Waals surface area contributed by atoms with Crippen molar-refractivity contribution >= 4 is 15.9 Å². The quantitative estimate of drug-likeness (QED) is 0.872. The van der Waals surface area contributed by atoms with E-state index in [0.29, 0.717) is 22.6 Å². The molecule has 1 N–H and O–H groups in total. The van der Waals surface area contributed by atoms with Crippen molar-refractivity contribution in [3.05, 3.63) is 34.1 Å². The Balaban J connectivity index is 1.79. The lowest BCUT2D eigenvalue weighted by molar-refractivity contribution is 0.0802. The molecule has 0 saturated carbocycles. The highest BCUT2D eigenvalue weighted by Gasteiger charge is 2.34. The van der Waals surface area contributed by atoms with Gasteiger partial charge in [-0.25, -0.2) is 4.39 Å². The van der Waals surface area contributed by atoms with Gasteiger partial charge in [0.15, 0.2) is 0 Å². The van der Waals surface area contributed by atoms with E-state index in [-0.39, 0.29) is 5.82 Å². The Morgan fingerprint density at radius 3 is 2.86 bits per heavy atom. The summed E-state index contributed by atoms with van der Waals surface area (Å²) in [6, 6.07) is 7.04. The zero-order valence-corrected chi connectivity index (χ0v) is 14.2. The van der Waals surface area contributed by atoms with Crippen LogP contribution in [0.25, 0.3) is 0 Å². The minimum Gasteiger partial charge on any atom is -0.312 e. The molecular formula is C17H24BrFN2. The van der Waals surface area contributed by atoms with E-state index in [0.717, 1.165) is 13.1 Å². The van der Waals surface area contributed by atoms with Crippen molar-refractivity contribution in [1.29, 1.82) is 0 Å². The van der Waals surface area contributed by atoms with Crippen molar-refractivity contribution in [3.8, 4) is 0 Å². The monoisotopic (exact) mass is 354 g/mol. The Morgan fingerprint density at radius 2 is 2.14 bits per heavy atom. The first-order valence-electron chi connectivity index (χ1n) is 8.11. The summed E-state index contributed by atoms with van der Waals surface area (Å²) in [5.74, 6) is -0.182. The second-order valence-electron chi connectivity index (χ2n) is 6.35. The van der Waals surface area contributed by atoms with Gasteiger partial charge in [0, 0.05) is 18.1 Å². The van der Waals surface area contributed by atoms with Gasteiger partial charge in [-0.05, 0) is 79.3 Å². The number of rotatable bonds is 3. The molecule has 21 heavy (non-hydrogen) atoms. The zero-order valence-electron chi connectivity index (χ0n) is 12.6. The molecule has 116 valence electrons. The molecule has 2 aliphatic rings. The molecule has 1 aromatic carbocycles. The number of hydrogen-bond donors (Lipinski definition) is 1. The van der Waals surface area contributed by atoms with Gasteiger partial charge in [-0.3, -0.25) is 4.90 Å². The number of nitrogens with one attached hydrogen (secondary N) is 1. The number of benzene rings is 1. The van der Waals surface area contributed by atoms with Gasteiger partial charge in [-0.1, -0.05) is 12.5 Å². The number of halogens is 2. The second-order valence-corrected chi connectivity index (χ2v) is 7.21. The maximum absolute atomic E-state index is 13.5. The first-order valence-corrected chi connectivity index (χ1v) is 8.90. The van der Waals surface area contributed by atoms with Crippen LogP contribution in [-0.4, -0.2) is 30.1 Å². The summed E-state index contributed by atoms with van der Waals surface area (Å²) < 4.78 is 14.0. The van der Waals surface area contributed by atoms with E-state index in [1.807, 2.05) is 12.1 Å². The van der Waals surface area contributed by atoms with E-state index >= 15 is 0 Å². The standard InChI is InChI=1S/C17H24BrFN2/c1-12(13-7-8-15(19)14(18)11-13)21-10-3-2-6-17(21)16-5-4-9-20-16/h7-8,11-12,16-17,20H,2-6,9-10H2,1H3. The third kappa shape index (κ3) is 3.33. The fourth-order valence-corrected chi connectivity index (χ4v) is 4.29. The summed E-state index contributed by atoms with van der Waals surface area (Å²) in [7, 11) is 0. The fraction of sp³-hybridized carbons (Fsp3) is 0.647.